The molecule has 1 aliphatic carbocycles. The molecule has 2 heteroatoms. The molecule has 2 unspecified atom stereocenters. The Morgan fingerprint density at radius 3 is 2.42 bits per heavy atom. The lowest BCUT2D eigenvalue weighted by atomic mass is 9.69. The average Bonchev–Trinajstić information content (AvgIpc) is 2.64. The minimum Gasteiger partial charge on any atom is -0.508 e. The second-order valence-corrected chi connectivity index (χ2v) is 5.18. The van der Waals surface area contributed by atoms with Crippen LogP contribution in [0.2, 0.25) is 0 Å². The van der Waals surface area contributed by atoms with Crippen molar-refractivity contribution in [3.8, 4) is 5.75 Å². The fourth-order valence-corrected chi connectivity index (χ4v) is 2.50. The molecule has 2 rings (SSSR count). The molecule has 2 N–H and O–H groups in total. The molecule has 0 fully saturated rings. The van der Waals surface area contributed by atoms with Gasteiger partial charge in [0.05, 0.1) is 0 Å². The maximum absolute atomic E-state index is 9.54. The van der Waals surface area contributed by atoms with Crippen LogP contribution in [0.25, 0.3) is 0 Å². The molecular formula is C17H20O2. The third kappa shape index (κ3) is 2.73. The van der Waals surface area contributed by atoms with Crippen molar-refractivity contribution in [2.24, 2.45) is 5.92 Å². The van der Waals surface area contributed by atoms with Crippen molar-refractivity contribution in [1.29, 1.82) is 0 Å². The Labute approximate surface area is 114 Å². The van der Waals surface area contributed by atoms with Crippen LogP contribution in [-0.4, -0.2) is 10.2 Å². The molecule has 1 aromatic carbocycles. The summed E-state index contributed by atoms with van der Waals surface area (Å²) >= 11 is 0. The average molecular weight is 256 g/mol. The first kappa shape index (κ1) is 13.5. The summed E-state index contributed by atoms with van der Waals surface area (Å²) in [6, 6.07) is 7.39. The van der Waals surface area contributed by atoms with Gasteiger partial charge in [0.15, 0.2) is 0 Å². The number of benzene rings is 1. The second kappa shape index (κ2) is 5.35. The molecule has 0 heterocycles. The van der Waals surface area contributed by atoms with E-state index in [1.165, 1.54) is 5.56 Å². The predicted molar refractivity (Wildman–Crippen MR) is 78.2 cm³/mol. The van der Waals surface area contributed by atoms with E-state index in [0.717, 1.165) is 6.42 Å². The van der Waals surface area contributed by atoms with Crippen LogP contribution >= 0.6 is 0 Å². The Morgan fingerprint density at radius 1 is 1.11 bits per heavy atom. The lowest BCUT2D eigenvalue weighted by Gasteiger charge is -2.34. The Morgan fingerprint density at radius 2 is 1.79 bits per heavy atom. The van der Waals surface area contributed by atoms with Crippen molar-refractivity contribution in [1.82, 2.24) is 0 Å². The number of hydrogen-bond donors (Lipinski definition) is 2. The van der Waals surface area contributed by atoms with Crippen molar-refractivity contribution >= 4 is 0 Å². The normalized spacial score (nSPS) is 21.6. The first-order chi connectivity index (χ1) is 9.06. The van der Waals surface area contributed by atoms with Crippen LogP contribution in [0.15, 0.2) is 60.4 Å². The van der Waals surface area contributed by atoms with Crippen molar-refractivity contribution in [3.63, 3.8) is 0 Å². The number of rotatable bonds is 3. The van der Waals surface area contributed by atoms with E-state index in [1.807, 2.05) is 24.3 Å². The molecule has 0 bridgehead atoms. The molecule has 19 heavy (non-hydrogen) atoms. The van der Waals surface area contributed by atoms with E-state index in [9.17, 15) is 10.2 Å². The second-order valence-electron chi connectivity index (χ2n) is 5.18. The molecule has 2 atom stereocenters. The monoisotopic (exact) mass is 256 g/mol. The zero-order valence-electron chi connectivity index (χ0n) is 11.4. The number of phenolic OH excluding ortho intramolecular Hbond substituents is 1. The van der Waals surface area contributed by atoms with E-state index in [-0.39, 0.29) is 22.8 Å². The number of allylic oxidation sites excluding steroid dienone is 5. The predicted octanol–water partition coefficient (Wildman–Crippen LogP) is 4.24. The molecule has 1 aromatic rings. The minimum atomic E-state index is -0.0564. The topological polar surface area (TPSA) is 40.5 Å². The summed E-state index contributed by atoms with van der Waals surface area (Å²) < 4.78 is 0. The highest BCUT2D eigenvalue weighted by atomic mass is 16.3. The van der Waals surface area contributed by atoms with E-state index < -0.39 is 0 Å². The smallest absolute Gasteiger partial charge is 0.115 e. The molecule has 0 amide bonds. The molecule has 0 aromatic heterocycles. The van der Waals surface area contributed by atoms with Crippen molar-refractivity contribution in [2.75, 3.05) is 0 Å². The van der Waals surface area contributed by atoms with Crippen LogP contribution in [0.4, 0.5) is 0 Å². The molecule has 2 nitrogen and oxygen atoms in total. The summed E-state index contributed by atoms with van der Waals surface area (Å²) in [6.07, 6.45) is 10.5. The van der Waals surface area contributed by atoms with Crippen molar-refractivity contribution in [2.45, 2.75) is 25.7 Å². The third-order valence-electron chi connectivity index (χ3n) is 4.06. The molecule has 0 spiro atoms. The van der Waals surface area contributed by atoms with Gasteiger partial charge in [0, 0.05) is 11.3 Å². The van der Waals surface area contributed by atoms with Crippen molar-refractivity contribution < 1.29 is 10.2 Å². The number of aliphatic hydroxyl groups is 1. The Hall–Kier alpha value is -1.96. The van der Waals surface area contributed by atoms with Gasteiger partial charge in [-0.3, -0.25) is 0 Å². The highest BCUT2D eigenvalue weighted by Gasteiger charge is 2.31. The van der Waals surface area contributed by atoms with Gasteiger partial charge in [-0.2, -0.15) is 0 Å². The zero-order chi connectivity index (χ0) is 13.9. The van der Waals surface area contributed by atoms with E-state index in [4.69, 9.17) is 0 Å². The van der Waals surface area contributed by atoms with Gasteiger partial charge in [-0.15, -0.1) is 0 Å². The van der Waals surface area contributed by atoms with Gasteiger partial charge < -0.3 is 10.2 Å². The molecule has 0 radical (unpaired) electrons. The molecule has 0 saturated carbocycles. The number of hydrogen-bond acceptors (Lipinski definition) is 2. The highest BCUT2D eigenvalue weighted by Crippen LogP contribution is 2.38. The van der Waals surface area contributed by atoms with Gasteiger partial charge in [0.25, 0.3) is 0 Å². The molecule has 0 aliphatic heterocycles. The Balaban J connectivity index is 2.37. The fraction of sp³-hybridized carbons (Fsp3) is 0.294. The van der Waals surface area contributed by atoms with Crippen LogP contribution in [0, 0.1) is 5.92 Å². The first-order valence-corrected chi connectivity index (χ1v) is 6.61. The van der Waals surface area contributed by atoms with Crippen molar-refractivity contribution in [3.05, 3.63) is 66.0 Å². The van der Waals surface area contributed by atoms with Gasteiger partial charge in [-0.1, -0.05) is 44.2 Å². The van der Waals surface area contributed by atoms with Crippen LogP contribution < -0.4 is 0 Å². The summed E-state index contributed by atoms with van der Waals surface area (Å²) in [5.74, 6) is 0.777. The summed E-state index contributed by atoms with van der Waals surface area (Å²) in [5, 5.41) is 19.0. The Kier molecular flexibility index (Phi) is 3.79. The molecular weight excluding hydrogens is 236 g/mol. The van der Waals surface area contributed by atoms with Crippen LogP contribution in [-0.2, 0) is 5.41 Å². The minimum absolute atomic E-state index is 0.0564. The molecule has 0 saturated heterocycles. The number of aromatic hydroxyl groups is 1. The van der Waals surface area contributed by atoms with E-state index >= 15 is 0 Å². The maximum atomic E-state index is 9.54. The molecule has 100 valence electrons. The number of phenols is 1. The number of aliphatic hydroxyl groups excluding tert-OH is 1. The summed E-state index contributed by atoms with van der Waals surface area (Å²) in [4.78, 5) is 0. The van der Waals surface area contributed by atoms with Gasteiger partial charge in [-0.25, -0.2) is 0 Å². The highest BCUT2D eigenvalue weighted by molar-refractivity contribution is 5.36. The summed E-state index contributed by atoms with van der Waals surface area (Å²) in [5.41, 5.74) is 1.13. The first-order valence-electron chi connectivity index (χ1n) is 6.61. The van der Waals surface area contributed by atoms with Crippen LogP contribution in [0.3, 0.4) is 0 Å². The van der Waals surface area contributed by atoms with E-state index in [1.54, 1.807) is 24.3 Å². The Bertz CT molecular complexity index is 523. The van der Waals surface area contributed by atoms with Gasteiger partial charge in [-0.05, 0) is 36.3 Å². The van der Waals surface area contributed by atoms with Crippen LogP contribution in [0.1, 0.15) is 25.8 Å². The van der Waals surface area contributed by atoms with Gasteiger partial charge in [0.1, 0.15) is 11.5 Å². The summed E-state index contributed by atoms with van der Waals surface area (Å²) in [7, 11) is 0. The van der Waals surface area contributed by atoms with E-state index in [0.29, 0.717) is 0 Å². The standard InChI is InChI=1S/C17H20O2/c1-3-17(2,14-8-11-16(19)12-9-14)13-5-4-6-15(18)10-7-13/h4-13,18-19H,3H2,1-2H3. The third-order valence-corrected chi connectivity index (χ3v) is 4.06. The van der Waals surface area contributed by atoms with Crippen LogP contribution in [0.5, 0.6) is 5.75 Å². The summed E-state index contributed by atoms with van der Waals surface area (Å²) in [6.45, 7) is 4.37. The zero-order valence-corrected chi connectivity index (χ0v) is 11.4. The molecule has 1 aliphatic rings. The lowest BCUT2D eigenvalue weighted by Crippen LogP contribution is -2.29. The lowest BCUT2D eigenvalue weighted by molar-refractivity contribution is 0.384. The van der Waals surface area contributed by atoms with Gasteiger partial charge >= 0.3 is 0 Å². The fourth-order valence-electron chi connectivity index (χ4n) is 2.50. The van der Waals surface area contributed by atoms with Gasteiger partial charge in [0.2, 0.25) is 0 Å². The SMILES string of the molecule is CCC(C)(c1ccc(O)cc1)C1C=CC=C(O)C=C1. The quantitative estimate of drug-likeness (QED) is 0.849. The largest absolute Gasteiger partial charge is 0.508 e. The maximum Gasteiger partial charge on any atom is 0.115 e. The van der Waals surface area contributed by atoms with E-state index in [2.05, 4.69) is 19.9 Å².